The van der Waals surface area contributed by atoms with E-state index in [4.69, 9.17) is 0 Å². The number of ketones is 1. The van der Waals surface area contributed by atoms with Crippen LogP contribution in [0.1, 0.15) is 17.3 Å². The zero-order valence-electron chi connectivity index (χ0n) is 10.1. The van der Waals surface area contributed by atoms with Gasteiger partial charge in [0.05, 0.1) is 20.7 Å². The minimum Gasteiger partial charge on any atom is -0.355 e. The van der Waals surface area contributed by atoms with Gasteiger partial charge in [-0.3, -0.25) is 14.5 Å². The van der Waals surface area contributed by atoms with Crippen molar-refractivity contribution in [2.24, 2.45) is 0 Å². The molecule has 1 heterocycles. The van der Waals surface area contributed by atoms with Gasteiger partial charge in [0.2, 0.25) is 5.91 Å². The van der Waals surface area contributed by atoms with Gasteiger partial charge in [-0.15, -0.1) is 11.3 Å². The molecule has 1 rings (SSSR count). The monoisotopic (exact) mass is 396 g/mol. The normalized spacial score (nSPS) is 10.7. The number of amides is 1. The smallest absolute Gasteiger partial charge is 0.234 e. The molecular formula is C11H14Br2N2O2S. The molecule has 0 bridgehead atoms. The number of nitrogens with zero attached hydrogens (tertiary/aromatic N) is 1. The van der Waals surface area contributed by atoms with E-state index in [1.165, 1.54) is 11.3 Å². The minimum atomic E-state index is -0.0710. The lowest BCUT2D eigenvalue weighted by Gasteiger charge is -2.14. The van der Waals surface area contributed by atoms with Crippen molar-refractivity contribution in [3.05, 3.63) is 19.2 Å². The summed E-state index contributed by atoms with van der Waals surface area (Å²) >= 11 is 8.15. The molecule has 18 heavy (non-hydrogen) atoms. The van der Waals surface area contributed by atoms with Crippen molar-refractivity contribution in [1.82, 2.24) is 10.2 Å². The van der Waals surface area contributed by atoms with Crippen LogP contribution >= 0.6 is 43.2 Å². The van der Waals surface area contributed by atoms with Crippen molar-refractivity contribution >= 4 is 54.9 Å². The zero-order valence-corrected chi connectivity index (χ0v) is 14.1. The van der Waals surface area contributed by atoms with Gasteiger partial charge in [0, 0.05) is 12.1 Å². The molecule has 0 unspecified atom stereocenters. The van der Waals surface area contributed by atoms with Crippen LogP contribution in [0.5, 0.6) is 0 Å². The highest BCUT2D eigenvalue weighted by Gasteiger charge is 2.16. The van der Waals surface area contributed by atoms with E-state index < -0.39 is 0 Å². The number of rotatable bonds is 6. The van der Waals surface area contributed by atoms with Gasteiger partial charge < -0.3 is 5.32 Å². The third-order valence-corrected chi connectivity index (χ3v) is 4.50. The molecule has 1 amide bonds. The lowest BCUT2D eigenvalue weighted by Crippen LogP contribution is -2.37. The van der Waals surface area contributed by atoms with Crippen molar-refractivity contribution < 1.29 is 9.59 Å². The average Bonchev–Trinajstić information content (AvgIpc) is 2.57. The fourth-order valence-electron chi connectivity index (χ4n) is 1.41. The molecule has 1 aromatic rings. The van der Waals surface area contributed by atoms with E-state index in [2.05, 4.69) is 37.2 Å². The number of nitrogens with one attached hydrogen (secondary N) is 1. The molecule has 0 aliphatic rings. The first-order chi connectivity index (χ1) is 8.43. The van der Waals surface area contributed by atoms with E-state index >= 15 is 0 Å². The van der Waals surface area contributed by atoms with Crippen LogP contribution in [-0.2, 0) is 4.79 Å². The molecule has 0 aliphatic heterocycles. The van der Waals surface area contributed by atoms with Gasteiger partial charge >= 0.3 is 0 Å². The van der Waals surface area contributed by atoms with E-state index in [0.717, 1.165) is 7.57 Å². The van der Waals surface area contributed by atoms with Gasteiger partial charge in [-0.1, -0.05) is 0 Å². The summed E-state index contributed by atoms with van der Waals surface area (Å²) in [5, 5.41) is 2.70. The van der Waals surface area contributed by atoms with Crippen LogP contribution in [0.25, 0.3) is 0 Å². The predicted molar refractivity (Wildman–Crippen MR) is 80.2 cm³/mol. The summed E-state index contributed by atoms with van der Waals surface area (Å²) in [6, 6.07) is 1.79. The van der Waals surface area contributed by atoms with Crippen LogP contribution in [0, 0.1) is 0 Å². The highest BCUT2D eigenvalue weighted by atomic mass is 79.9. The molecular weight excluding hydrogens is 384 g/mol. The number of carbonyl (C=O) groups is 2. The second-order valence-corrected chi connectivity index (χ2v) is 7.54. The number of likely N-dealkylation sites (N-methyl/N-ethyl adjacent to an activating group) is 2. The van der Waals surface area contributed by atoms with Crippen LogP contribution in [0.2, 0.25) is 0 Å². The van der Waals surface area contributed by atoms with E-state index in [-0.39, 0.29) is 24.8 Å². The SMILES string of the molecule is CCNC(=O)CN(C)CC(=O)c1cc(Br)sc1Br. The number of hydrogen-bond donors (Lipinski definition) is 1. The maximum Gasteiger partial charge on any atom is 0.234 e. The van der Waals surface area contributed by atoms with Crippen LogP contribution in [0.15, 0.2) is 13.6 Å². The van der Waals surface area contributed by atoms with Gasteiger partial charge in [0.25, 0.3) is 0 Å². The third kappa shape index (κ3) is 4.79. The molecule has 7 heteroatoms. The van der Waals surface area contributed by atoms with Crippen LogP contribution < -0.4 is 5.32 Å². The fourth-order valence-corrected chi connectivity index (χ4v) is 4.27. The molecule has 1 N–H and O–H groups in total. The Kier molecular flexibility index (Phi) is 6.48. The largest absolute Gasteiger partial charge is 0.355 e. The van der Waals surface area contributed by atoms with Crippen molar-refractivity contribution in [3.8, 4) is 0 Å². The summed E-state index contributed by atoms with van der Waals surface area (Å²) < 4.78 is 1.72. The van der Waals surface area contributed by atoms with Crippen molar-refractivity contribution in [2.45, 2.75) is 6.92 Å². The van der Waals surface area contributed by atoms with E-state index in [9.17, 15) is 9.59 Å². The molecule has 4 nitrogen and oxygen atoms in total. The highest BCUT2D eigenvalue weighted by Crippen LogP contribution is 2.32. The minimum absolute atomic E-state index is 0.00405. The lowest BCUT2D eigenvalue weighted by atomic mass is 10.2. The Morgan fingerprint density at radius 2 is 2.06 bits per heavy atom. The number of thiophene rings is 1. The number of halogens is 2. The summed E-state index contributed by atoms with van der Waals surface area (Å²) in [5.74, 6) is -0.0750. The Morgan fingerprint density at radius 3 is 2.56 bits per heavy atom. The molecule has 0 radical (unpaired) electrons. The molecule has 100 valence electrons. The Labute approximate surface area is 127 Å². The highest BCUT2D eigenvalue weighted by molar-refractivity contribution is 9.12. The van der Waals surface area contributed by atoms with Crippen molar-refractivity contribution in [1.29, 1.82) is 0 Å². The Hall–Kier alpha value is -0.240. The lowest BCUT2D eigenvalue weighted by molar-refractivity contribution is -0.121. The summed E-state index contributed by atoms with van der Waals surface area (Å²) in [4.78, 5) is 25.1. The van der Waals surface area contributed by atoms with Crippen LogP contribution in [0.4, 0.5) is 0 Å². The Balaban J connectivity index is 2.54. The molecule has 0 saturated heterocycles. The van der Waals surface area contributed by atoms with E-state index in [0.29, 0.717) is 12.1 Å². The summed E-state index contributed by atoms with van der Waals surface area (Å²) in [6.07, 6.45) is 0. The standard InChI is InChI=1S/C11H14Br2N2O2S/c1-3-14-10(17)6-15(2)5-8(16)7-4-9(12)18-11(7)13/h4H,3,5-6H2,1-2H3,(H,14,17). The first-order valence-electron chi connectivity index (χ1n) is 5.37. The Bertz CT molecular complexity index is 448. The number of Topliss-reactive ketones (excluding diaryl/α,β-unsaturated/α-hetero) is 1. The summed E-state index contributed by atoms with van der Waals surface area (Å²) in [5.41, 5.74) is 0.648. The molecule has 0 aliphatic carbocycles. The predicted octanol–water partition coefficient (Wildman–Crippen LogP) is 2.52. The molecule has 0 saturated carbocycles. The fraction of sp³-hybridized carbons (Fsp3) is 0.455. The van der Waals surface area contributed by atoms with E-state index in [1.807, 2.05) is 6.92 Å². The number of hydrogen-bond acceptors (Lipinski definition) is 4. The third-order valence-electron chi connectivity index (χ3n) is 2.16. The van der Waals surface area contributed by atoms with Gasteiger partial charge in [-0.25, -0.2) is 0 Å². The molecule has 0 atom stereocenters. The van der Waals surface area contributed by atoms with Crippen molar-refractivity contribution in [3.63, 3.8) is 0 Å². The zero-order chi connectivity index (χ0) is 13.7. The molecule has 0 spiro atoms. The summed E-state index contributed by atoms with van der Waals surface area (Å²) in [7, 11) is 1.75. The maximum absolute atomic E-state index is 12.0. The van der Waals surface area contributed by atoms with Gasteiger partial charge in [-0.2, -0.15) is 0 Å². The second kappa shape index (κ2) is 7.37. The van der Waals surface area contributed by atoms with E-state index in [1.54, 1.807) is 18.0 Å². The first kappa shape index (κ1) is 15.8. The van der Waals surface area contributed by atoms with Crippen molar-refractivity contribution in [2.75, 3.05) is 26.7 Å². The topological polar surface area (TPSA) is 49.4 Å². The van der Waals surface area contributed by atoms with Crippen LogP contribution in [-0.4, -0.2) is 43.3 Å². The first-order valence-corrected chi connectivity index (χ1v) is 7.77. The Morgan fingerprint density at radius 1 is 1.39 bits per heavy atom. The van der Waals surface area contributed by atoms with Gasteiger partial charge in [-0.05, 0) is 51.9 Å². The van der Waals surface area contributed by atoms with Gasteiger partial charge in [0.1, 0.15) is 0 Å². The molecule has 0 aromatic carbocycles. The summed E-state index contributed by atoms with van der Waals surface area (Å²) in [6.45, 7) is 2.91. The molecule has 0 fully saturated rings. The van der Waals surface area contributed by atoms with Crippen LogP contribution in [0.3, 0.4) is 0 Å². The number of carbonyl (C=O) groups excluding carboxylic acids is 2. The van der Waals surface area contributed by atoms with Gasteiger partial charge in [0.15, 0.2) is 5.78 Å². The maximum atomic E-state index is 12.0. The quantitative estimate of drug-likeness (QED) is 0.750. The average molecular weight is 398 g/mol. The second-order valence-electron chi connectivity index (χ2n) is 3.79. The molecule has 1 aromatic heterocycles.